The molecule has 0 aromatic rings. The summed E-state index contributed by atoms with van der Waals surface area (Å²) in [4.78, 5) is 37.1. The summed E-state index contributed by atoms with van der Waals surface area (Å²) in [5.74, 6) is -1.50. The lowest BCUT2D eigenvalue weighted by Gasteiger charge is -2.31. The van der Waals surface area contributed by atoms with Gasteiger partial charge in [0.2, 0.25) is 0 Å². The van der Waals surface area contributed by atoms with E-state index in [1.807, 2.05) is 21.1 Å². The van der Waals surface area contributed by atoms with E-state index >= 15 is 0 Å². The minimum absolute atomic E-state index is 0.0505. The fourth-order valence-electron chi connectivity index (χ4n) is 7.30. The molecule has 0 bridgehead atoms. The van der Waals surface area contributed by atoms with Crippen molar-refractivity contribution in [2.24, 2.45) is 0 Å². The van der Waals surface area contributed by atoms with E-state index < -0.39 is 18.1 Å². The Morgan fingerprint density at radius 3 is 1.34 bits per heavy atom. The molecule has 1 N–H and O–H groups in total. The van der Waals surface area contributed by atoms with Gasteiger partial charge >= 0.3 is 17.9 Å². The predicted molar refractivity (Wildman–Crippen MR) is 261 cm³/mol. The van der Waals surface area contributed by atoms with Crippen LogP contribution in [0.15, 0.2) is 60.8 Å². The number of hydrogen-bond donors (Lipinski definition) is 1. The molecule has 0 saturated heterocycles. The first-order valence-electron chi connectivity index (χ1n) is 25.3. The van der Waals surface area contributed by atoms with Crippen LogP contribution in [-0.4, -0.2) is 80.6 Å². The first kappa shape index (κ1) is 59.0. The first-order valence-corrected chi connectivity index (χ1v) is 25.3. The second kappa shape index (κ2) is 44.6. The van der Waals surface area contributed by atoms with Gasteiger partial charge in [0.15, 0.2) is 12.1 Å². The average molecular weight is 871 g/mol. The van der Waals surface area contributed by atoms with Gasteiger partial charge in [-0.25, -0.2) is 4.79 Å². The van der Waals surface area contributed by atoms with Gasteiger partial charge in [0, 0.05) is 19.3 Å². The summed E-state index contributed by atoms with van der Waals surface area (Å²) in [5, 5.41) is 9.65. The fraction of sp³-hybridized carbons (Fsp3) is 0.759. The maximum atomic E-state index is 12.8. The van der Waals surface area contributed by atoms with Crippen LogP contribution in [0.2, 0.25) is 0 Å². The quantitative estimate of drug-likeness (QED) is 0.0282. The molecule has 0 amide bonds. The van der Waals surface area contributed by atoms with Crippen LogP contribution in [0.4, 0.5) is 0 Å². The van der Waals surface area contributed by atoms with Crippen LogP contribution >= 0.6 is 0 Å². The van der Waals surface area contributed by atoms with E-state index in [1.165, 1.54) is 103 Å². The van der Waals surface area contributed by atoms with Crippen LogP contribution in [0.5, 0.6) is 0 Å². The number of hydrogen-bond acceptors (Lipinski definition) is 6. The molecule has 0 aromatic heterocycles. The predicted octanol–water partition coefficient (Wildman–Crippen LogP) is 14.5. The van der Waals surface area contributed by atoms with Crippen LogP contribution in [0.25, 0.3) is 0 Å². The van der Waals surface area contributed by atoms with E-state index in [0.717, 1.165) is 77.0 Å². The second-order valence-corrected chi connectivity index (χ2v) is 18.1. The number of likely N-dealkylation sites (N-methyl/N-ethyl adjacent to an activating group) is 1. The van der Waals surface area contributed by atoms with Crippen molar-refractivity contribution < 1.29 is 38.2 Å². The van der Waals surface area contributed by atoms with E-state index in [1.54, 1.807) is 0 Å². The molecular weight excluding hydrogens is 775 g/mol. The molecule has 0 aliphatic rings. The highest BCUT2D eigenvalue weighted by atomic mass is 16.6. The van der Waals surface area contributed by atoms with Gasteiger partial charge in [-0.1, -0.05) is 197 Å². The summed E-state index contributed by atoms with van der Waals surface area (Å²) in [6.45, 7) is 4.61. The fourth-order valence-corrected chi connectivity index (χ4v) is 7.30. The van der Waals surface area contributed by atoms with Crippen molar-refractivity contribution in [2.45, 2.75) is 225 Å². The summed E-state index contributed by atoms with van der Waals surface area (Å²) in [5.41, 5.74) is 0. The number of esters is 2. The van der Waals surface area contributed by atoms with E-state index in [4.69, 9.17) is 14.2 Å². The van der Waals surface area contributed by atoms with Crippen LogP contribution in [0.3, 0.4) is 0 Å². The largest absolute Gasteiger partial charge is 0.477 e. The smallest absolute Gasteiger partial charge is 0.362 e. The standard InChI is InChI=1S/C54H95NO7/c1-6-8-10-12-14-16-18-20-22-24-26-28-30-32-34-36-38-40-42-44-52(56)61-49-50(48-60-47-46-51(54(58)59)55(3,4)5)62-53(57)45-43-41-39-37-35-33-31-29-27-25-23-21-19-17-15-13-11-9-7-2/h8,10,14,16,20,22,26,28,32,34,50-51H,6-7,9,11-13,15,17-19,21,23-25,27,29-31,33,35-49H2,1-5H3/p+1/b10-8+,16-14+,22-20+,28-26+,34-32+. The summed E-state index contributed by atoms with van der Waals surface area (Å²) in [6.07, 6.45) is 55.5. The zero-order valence-corrected chi connectivity index (χ0v) is 40.8. The molecule has 0 aliphatic heterocycles. The number of aliphatic carboxylic acids is 1. The van der Waals surface area contributed by atoms with Crippen molar-refractivity contribution in [2.75, 3.05) is 41.0 Å². The Morgan fingerprint density at radius 1 is 0.500 bits per heavy atom. The number of rotatable bonds is 45. The molecule has 0 rings (SSSR count). The van der Waals surface area contributed by atoms with Crippen molar-refractivity contribution in [1.29, 1.82) is 0 Å². The third-order valence-corrected chi connectivity index (χ3v) is 11.2. The van der Waals surface area contributed by atoms with Crippen LogP contribution < -0.4 is 0 Å². The maximum absolute atomic E-state index is 12.8. The minimum atomic E-state index is -0.879. The average Bonchev–Trinajstić information content (AvgIpc) is 3.23. The Morgan fingerprint density at radius 2 is 0.903 bits per heavy atom. The Kier molecular flexibility index (Phi) is 42.5. The molecule has 0 saturated carbocycles. The van der Waals surface area contributed by atoms with Crippen molar-refractivity contribution in [3.05, 3.63) is 60.8 Å². The Labute approximate surface area is 381 Å². The number of carbonyl (C=O) groups is 3. The van der Waals surface area contributed by atoms with Gasteiger partial charge in [0.25, 0.3) is 0 Å². The zero-order valence-electron chi connectivity index (χ0n) is 40.8. The lowest BCUT2D eigenvalue weighted by molar-refractivity contribution is -0.887. The highest BCUT2D eigenvalue weighted by molar-refractivity contribution is 5.72. The Hall–Kier alpha value is -2.97. The summed E-state index contributed by atoms with van der Waals surface area (Å²) >= 11 is 0. The second-order valence-electron chi connectivity index (χ2n) is 18.1. The van der Waals surface area contributed by atoms with Gasteiger partial charge in [-0.05, 0) is 57.8 Å². The van der Waals surface area contributed by atoms with E-state index in [9.17, 15) is 19.5 Å². The van der Waals surface area contributed by atoms with Gasteiger partial charge < -0.3 is 23.8 Å². The number of quaternary nitrogens is 1. The molecular formula is C54H96NO7+. The molecule has 62 heavy (non-hydrogen) atoms. The van der Waals surface area contributed by atoms with Crippen molar-refractivity contribution in [1.82, 2.24) is 0 Å². The van der Waals surface area contributed by atoms with Crippen molar-refractivity contribution in [3.63, 3.8) is 0 Å². The summed E-state index contributed by atoms with van der Waals surface area (Å²) in [7, 11) is 5.52. The molecule has 2 atom stereocenters. The van der Waals surface area contributed by atoms with Gasteiger partial charge in [0.05, 0.1) is 34.4 Å². The molecule has 358 valence electrons. The van der Waals surface area contributed by atoms with Crippen molar-refractivity contribution >= 4 is 17.9 Å². The number of carboxylic acid groups (broad SMARTS) is 1. The first-order chi connectivity index (χ1) is 30.1. The normalized spacial score (nSPS) is 13.4. The van der Waals surface area contributed by atoms with Gasteiger partial charge in [-0.3, -0.25) is 9.59 Å². The number of unbranched alkanes of at least 4 members (excludes halogenated alkanes) is 21. The molecule has 0 heterocycles. The Balaban J connectivity index is 4.31. The van der Waals surface area contributed by atoms with Crippen LogP contribution in [0, 0.1) is 0 Å². The number of ether oxygens (including phenoxy) is 3. The van der Waals surface area contributed by atoms with Crippen molar-refractivity contribution in [3.8, 4) is 0 Å². The summed E-state index contributed by atoms with van der Waals surface area (Å²) in [6, 6.07) is -0.621. The lowest BCUT2D eigenvalue weighted by atomic mass is 10.0. The molecule has 8 heteroatoms. The maximum Gasteiger partial charge on any atom is 0.362 e. The molecule has 2 unspecified atom stereocenters. The number of allylic oxidation sites excluding steroid dienone is 10. The molecule has 0 spiro atoms. The van der Waals surface area contributed by atoms with E-state index in [0.29, 0.717) is 19.3 Å². The third-order valence-electron chi connectivity index (χ3n) is 11.2. The molecule has 0 fully saturated rings. The highest BCUT2D eigenvalue weighted by Crippen LogP contribution is 2.16. The molecule has 0 aliphatic carbocycles. The molecule has 0 radical (unpaired) electrons. The third kappa shape index (κ3) is 42.3. The van der Waals surface area contributed by atoms with Crippen LogP contribution in [0.1, 0.15) is 213 Å². The molecule has 8 nitrogen and oxygen atoms in total. The van der Waals surface area contributed by atoms with E-state index in [-0.39, 0.29) is 36.2 Å². The monoisotopic (exact) mass is 871 g/mol. The van der Waals surface area contributed by atoms with Gasteiger partial charge in [0.1, 0.15) is 6.61 Å². The minimum Gasteiger partial charge on any atom is -0.477 e. The topological polar surface area (TPSA) is 99.1 Å². The highest BCUT2D eigenvalue weighted by Gasteiger charge is 2.31. The van der Waals surface area contributed by atoms with E-state index in [2.05, 4.69) is 74.6 Å². The Bertz CT molecular complexity index is 1200. The number of carboxylic acids is 1. The van der Waals surface area contributed by atoms with Gasteiger partial charge in [-0.15, -0.1) is 0 Å². The molecule has 0 aromatic carbocycles. The number of nitrogens with zero attached hydrogens (tertiary/aromatic N) is 1. The number of carbonyl (C=O) groups excluding carboxylic acids is 2. The summed E-state index contributed by atoms with van der Waals surface area (Å²) < 4.78 is 17.3. The zero-order chi connectivity index (χ0) is 45.6. The lowest BCUT2D eigenvalue weighted by Crippen LogP contribution is -2.50. The van der Waals surface area contributed by atoms with Gasteiger partial charge in [-0.2, -0.15) is 0 Å². The SMILES string of the molecule is CC/C=C/C/C=C/C/C=C/C/C=C/C/C=C/CCCCCC(=O)OCC(COCCC(C(=O)O)[N+](C)(C)C)OC(=O)CCCCCCCCCCCCCCCCCCCCC. The van der Waals surface area contributed by atoms with Crippen LogP contribution in [-0.2, 0) is 28.6 Å².